The first-order chi connectivity index (χ1) is 16.8. The summed E-state index contributed by atoms with van der Waals surface area (Å²) in [7, 11) is 2.91. The molecule has 1 atom stereocenters. The van der Waals surface area contributed by atoms with Crippen LogP contribution in [0.25, 0.3) is 11.0 Å². The normalized spacial score (nSPS) is 15.8. The van der Waals surface area contributed by atoms with Crippen molar-refractivity contribution in [2.24, 2.45) is 0 Å². The molecule has 0 bridgehead atoms. The number of benzene rings is 2. The van der Waals surface area contributed by atoms with Crippen molar-refractivity contribution in [1.29, 1.82) is 0 Å². The molecule has 0 saturated heterocycles. The number of amides is 1. The summed E-state index contributed by atoms with van der Waals surface area (Å²) in [4.78, 5) is 28.1. The lowest BCUT2D eigenvalue weighted by molar-refractivity contribution is -0.117. The first-order valence-corrected chi connectivity index (χ1v) is 11.0. The number of aliphatic hydroxyl groups is 1. The number of ketones is 1. The van der Waals surface area contributed by atoms with E-state index in [1.165, 1.54) is 37.5 Å². The van der Waals surface area contributed by atoms with Crippen LogP contribution in [0.4, 0.5) is 5.69 Å². The van der Waals surface area contributed by atoms with Gasteiger partial charge in [0.1, 0.15) is 17.6 Å². The minimum absolute atomic E-state index is 0.110. The lowest BCUT2D eigenvalue weighted by atomic mass is 9.99. The third kappa shape index (κ3) is 3.71. The minimum Gasteiger partial charge on any atom is -0.503 e. The highest BCUT2D eigenvalue weighted by atomic mass is 35.5. The van der Waals surface area contributed by atoms with Crippen LogP contribution in [-0.2, 0) is 4.79 Å². The van der Waals surface area contributed by atoms with E-state index in [4.69, 9.17) is 41.5 Å². The Morgan fingerprint density at radius 2 is 1.83 bits per heavy atom. The van der Waals surface area contributed by atoms with Crippen LogP contribution in [0.5, 0.6) is 11.5 Å². The molecule has 0 fully saturated rings. The maximum absolute atomic E-state index is 13.7. The predicted octanol–water partition coefficient (Wildman–Crippen LogP) is 6.13. The fourth-order valence-corrected chi connectivity index (χ4v) is 4.58. The molecule has 3 heterocycles. The molecule has 1 unspecified atom stereocenters. The standard InChI is InChI=1S/C25H17Cl2NO7/c1-32-16-6-5-14(11-15(16)27)28-21(17-4-3-7-34-17)20(23(30)25(28)31)22(29)18-9-12-8-13(26)10-19(33-2)24(12)35-18/h3-11,21,30H,1-2H3. The van der Waals surface area contributed by atoms with Crippen molar-refractivity contribution < 1.29 is 33.0 Å². The van der Waals surface area contributed by atoms with Gasteiger partial charge >= 0.3 is 0 Å². The Hall–Kier alpha value is -3.88. The molecular formula is C25H17Cl2NO7. The number of hydrogen-bond donors (Lipinski definition) is 1. The highest BCUT2D eigenvalue weighted by molar-refractivity contribution is 6.32. The van der Waals surface area contributed by atoms with E-state index >= 15 is 0 Å². The Balaban J connectivity index is 1.64. The van der Waals surface area contributed by atoms with Gasteiger partial charge in [-0.05, 0) is 42.5 Å². The van der Waals surface area contributed by atoms with Crippen molar-refractivity contribution in [3.8, 4) is 11.5 Å². The summed E-state index contributed by atoms with van der Waals surface area (Å²) in [5, 5.41) is 12.0. The molecule has 0 radical (unpaired) electrons. The molecular weight excluding hydrogens is 497 g/mol. The first-order valence-electron chi connectivity index (χ1n) is 10.3. The number of fused-ring (bicyclic) bond motifs is 1. The number of carbonyl (C=O) groups excluding carboxylic acids is 2. The largest absolute Gasteiger partial charge is 0.503 e. The molecule has 8 nitrogen and oxygen atoms in total. The van der Waals surface area contributed by atoms with Gasteiger partial charge in [0.2, 0.25) is 5.78 Å². The number of methoxy groups -OCH3 is 2. The van der Waals surface area contributed by atoms with Gasteiger partial charge in [0.25, 0.3) is 5.91 Å². The van der Waals surface area contributed by atoms with Crippen molar-refractivity contribution in [3.05, 3.63) is 87.7 Å². The molecule has 0 saturated carbocycles. The van der Waals surface area contributed by atoms with Crippen LogP contribution < -0.4 is 14.4 Å². The van der Waals surface area contributed by atoms with E-state index < -0.39 is 23.5 Å². The van der Waals surface area contributed by atoms with Gasteiger partial charge in [-0.15, -0.1) is 0 Å². The van der Waals surface area contributed by atoms with Crippen LogP contribution in [0.2, 0.25) is 10.0 Å². The van der Waals surface area contributed by atoms with E-state index in [-0.39, 0.29) is 22.1 Å². The third-order valence-electron chi connectivity index (χ3n) is 5.67. The molecule has 1 aliphatic heterocycles. The average molecular weight is 514 g/mol. The molecule has 35 heavy (non-hydrogen) atoms. The molecule has 5 rings (SSSR count). The van der Waals surface area contributed by atoms with Gasteiger partial charge in [0.05, 0.1) is 31.1 Å². The molecule has 4 aromatic rings. The Morgan fingerprint density at radius 1 is 1.06 bits per heavy atom. The number of ether oxygens (including phenoxy) is 2. The number of aliphatic hydroxyl groups excluding tert-OH is 1. The van der Waals surface area contributed by atoms with E-state index in [0.29, 0.717) is 33.2 Å². The lowest BCUT2D eigenvalue weighted by Crippen LogP contribution is -2.30. The highest BCUT2D eigenvalue weighted by Gasteiger charge is 2.47. The fourth-order valence-electron chi connectivity index (χ4n) is 4.11. The number of rotatable bonds is 6. The lowest BCUT2D eigenvalue weighted by Gasteiger charge is -2.25. The Morgan fingerprint density at radius 3 is 2.49 bits per heavy atom. The van der Waals surface area contributed by atoms with Crippen LogP contribution in [0.3, 0.4) is 0 Å². The SMILES string of the molecule is COc1ccc(N2C(=O)C(O)=C(C(=O)c3cc4cc(Cl)cc(OC)c4o3)C2c2ccco2)cc1Cl. The molecule has 178 valence electrons. The van der Waals surface area contributed by atoms with E-state index in [0.717, 1.165) is 0 Å². The second kappa shape index (κ2) is 8.72. The van der Waals surface area contributed by atoms with Gasteiger partial charge in [-0.2, -0.15) is 0 Å². The molecule has 2 aromatic carbocycles. The minimum atomic E-state index is -1.08. The third-order valence-corrected chi connectivity index (χ3v) is 6.18. The first kappa shape index (κ1) is 22.9. The average Bonchev–Trinajstić information content (AvgIpc) is 3.57. The number of halogens is 2. The van der Waals surface area contributed by atoms with Gasteiger partial charge in [0.15, 0.2) is 22.9 Å². The Bertz CT molecular complexity index is 1500. The Labute approximate surface area is 208 Å². The summed E-state index contributed by atoms with van der Waals surface area (Å²) in [6.45, 7) is 0. The predicted molar refractivity (Wildman–Crippen MR) is 129 cm³/mol. The van der Waals surface area contributed by atoms with Gasteiger partial charge in [-0.1, -0.05) is 23.2 Å². The second-order valence-electron chi connectivity index (χ2n) is 7.64. The zero-order chi connectivity index (χ0) is 24.9. The van der Waals surface area contributed by atoms with E-state index in [1.807, 2.05) is 0 Å². The van der Waals surface area contributed by atoms with Gasteiger partial charge < -0.3 is 23.4 Å². The zero-order valence-corrected chi connectivity index (χ0v) is 19.9. The maximum Gasteiger partial charge on any atom is 0.294 e. The van der Waals surface area contributed by atoms with Crippen molar-refractivity contribution >= 4 is 51.5 Å². The number of hydrogen-bond acceptors (Lipinski definition) is 7. The van der Waals surface area contributed by atoms with Gasteiger partial charge in [0, 0.05) is 22.2 Å². The summed E-state index contributed by atoms with van der Waals surface area (Å²) < 4.78 is 21.8. The Kier molecular flexibility index (Phi) is 5.70. The zero-order valence-electron chi connectivity index (χ0n) is 18.4. The number of carbonyl (C=O) groups is 2. The van der Waals surface area contributed by atoms with Crippen molar-refractivity contribution in [3.63, 3.8) is 0 Å². The summed E-state index contributed by atoms with van der Waals surface area (Å²) in [5.74, 6) is -1.34. The molecule has 0 spiro atoms. The van der Waals surface area contributed by atoms with Crippen molar-refractivity contribution in [2.75, 3.05) is 19.1 Å². The van der Waals surface area contributed by atoms with Crippen LogP contribution in [0.15, 0.2) is 75.0 Å². The molecule has 1 amide bonds. The number of anilines is 1. The molecule has 10 heteroatoms. The van der Waals surface area contributed by atoms with E-state index in [1.54, 1.807) is 36.4 Å². The van der Waals surface area contributed by atoms with Crippen LogP contribution >= 0.6 is 23.2 Å². The summed E-state index contributed by atoms with van der Waals surface area (Å²) in [6, 6.07) is 11.5. The molecule has 2 aromatic heterocycles. The highest BCUT2D eigenvalue weighted by Crippen LogP contribution is 2.44. The second-order valence-corrected chi connectivity index (χ2v) is 8.48. The number of nitrogens with zero attached hydrogens (tertiary/aromatic N) is 1. The monoisotopic (exact) mass is 513 g/mol. The maximum atomic E-state index is 13.7. The van der Waals surface area contributed by atoms with Gasteiger partial charge in [-0.25, -0.2) is 0 Å². The van der Waals surface area contributed by atoms with Crippen molar-refractivity contribution in [1.82, 2.24) is 0 Å². The fraction of sp³-hybridized carbons (Fsp3) is 0.120. The molecule has 0 aliphatic carbocycles. The number of Topliss-reactive ketones (excluding diaryl/α,β-unsaturated/α-hetero) is 1. The van der Waals surface area contributed by atoms with Crippen LogP contribution in [0.1, 0.15) is 22.4 Å². The summed E-state index contributed by atoms with van der Waals surface area (Å²) in [5.41, 5.74) is 0.425. The van der Waals surface area contributed by atoms with Crippen LogP contribution in [-0.4, -0.2) is 31.0 Å². The summed E-state index contributed by atoms with van der Waals surface area (Å²) in [6.07, 6.45) is 1.41. The van der Waals surface area contributed by atoms with E-state index in [9.17, 15) is 14.7 Å². The quantitative estimate of drug-likeness (QED) is 0.309. The summed E-state index contributed by atoms with van der Waals surface area (Å²) >= 11 is 12.4. The smallest absolute Gasteiger partial charge is 0.294 e. The van der Waals surface area contributed by atoms with Crippen molar-refractivity contribution in [2.45, 2.75) is 6.04 Å². The van der Waals surface area contributed by atoms with Gasteiger partial charge in [-0.3, -0.25) is 14.5 Å². The molecule has 1 aliphatic rings. The topological polar surface area (TPSA) is 102 Å². The van der Waals surface area contributed by atoms with E-state index in [2.05, 4.69) is 0 Å². The number of furan rings is 2. The molecule has 1 N–H and O–H groups in total. The van der Waals surface area contributed by atoms with Crippen LogP contribution in [0, 0.1) is 0 Å².